The van der Waals surface area contributed by atoms with E-state index in [1.165, 1.54) is 15.8 Å². The molecular weight excluding hydrogens is 259 g/mol. The molecule has 2 rings (SSSR count). The van der Waals surface area contributed by atoms with E-state index in [2.05, 4.69) is 22.3 Å². The van der Waals surface area contributed by atoms with Crippen molar-refractivity contribution in [1.29, 1.82) is 0 Å². The molecule has 0 unspecified atom stereocenters. The van der Waals surface area contributed by atoms with Crippen molar-refractivity contribution in [1.82, 2.24) is 10.2 Å². The Kier molecular flexibility index (Phi) is 5.07. The SMILES string of the molecule is CNCc1ccc(CN(C)Cc2ccccc2F)s1. The number of halogens is 1. The number of hydrogen-bond donors (Lipinski definition) is 1. The Morgan fingerprint density at radius 2 is 1.84 bits per heavy atom. The summed E-state index contributed by atoms with van der Waals surface area (Å²) in [6, 6.07) is 11.2. The van der Waals surface area contributed by atoms with Crippen LogP contribution in [0, 0.1) is 5.82 Å². The number of thiophene rings is 1. The molecule has 0 fully saturated rings. The highest BCUT2D eigenvalue weighted by Crippen LogP contribution is 2.19. The van der Waals surface area contributed by atoms with Gasteiger partial charge in [0.2, 0.25) is 0 Å². The highest BCUT2D eigenvalue weighted by molar-refractivity contribution is 7.11. The van der Waals surface area contributed by atoms with Crippen LogP contribution in [0.2, 0.25) is 0 Å². The number of nitrogens with one attached hydrogen (secondary N) is 1. The maximum atomic E-state index is 13.6. The van der Waals surface area contributed by atoms with Gasteiger partial charge in [-0.3, -0.25) is 4.90 Å². The van der Waals surface area contributed by atoms with Gasteiger partial charge in [-0.15, -0.1) is 11.3 Å². The largest absolute Gasteiger partial charge is 0.315 e. The Morgan fingerprint density at radius 1 is 1.11 bits per heavy atom. The van der Waals surface area contributed by atoms with Crippen molar-refractivity contribution in [3.63, 3.8) is 0 Å². The lowest BCUT2D eigenvalue weighted by Gasteiger charge is -2.16. The van der Waals surface area contributed by atoms with Crippen LogP contribution in [0.4, 0.5) is 4.39 Å². The van der Waals surface area contributed by atoms with E-state index in [-0.39, 0.29) is 5.82 Å². The summed E-state index contributed by atoms with van der Waals surface area (Å²) in [7, 11) is 3.97. The van der Waals surface area contributed by atoms with Crippen LogP contribution in [0.5, 0.6) is 0 Å². The Bertz CT molecular complexity index is 524. The predicted molar refractivity (Wildman–Crippen MR) is 78.7 cm³/mol. The van der Waals surface area contributed by atoms with E-state index in [1.54, 1.807) is 17.4 Å². The van der Waals surface area contributed by atoms with E-state index in [0.717, 1.165) is 18.7 Å². The summed E-state index contributed by atoms with van der Waals surface area (Å²) in [5, 5.41) is 3.15. The highest BCUT2D eigenvalue weighted by Gasteiger charge is 2.07. The third-order valence-corrected chi connectivity index (χ3v) is 3.96. The molecule has 1 aromatic heterocycles. The van der Waals surface area contributed by atoms with Gasteiger partial charge in [-0.05, 0) is 32.3 Å². The fourth-order valence-corrected chi connectivity index (χ4v) is 3.13. The molecule has 2 nitrogen and oxygen atoms in total. The van der Waals surface area contributed by atoms with E-state index < -0.39 is 0 Å². The molecule has 0 spiro atoms. The van der Waals surface area contributed by atoms with Crippen molar-refractivity contribution in [3.8, 4) is 0 Å². The van der Waals surface area contributed by atoms with Gasteiger partial charge in [-0.1, -0.05) is 18.2 Å². The average Bonchev–Trinajstić information content (AvgIpc) is 2.80. The van der Waals surface area contributed by atoms with Gasteiger partial charge in [0.25, 0.3) is 0 Å². The number of benzene rings is 1. The first kappa shape index (κ1) is 14.2. The van der Waals surface area contributed by atoms with Crippen molar-refractivity contribution < 1.29 is 4.39 Å². The van der Waals surface area contributed by atoms with Crippen molar-refractivity contribution in [2.75, 3.05) is 14.1 Å². The molecule has 0 aliphatic heterocycles. The number of hydrogen-bond acceptors (Lipinski definition) is 3. The van der Waals surface area contributed by atoms with Crippen LogP contribution < -0.4 is 5.32 Å². The molecule has 0 aliphatic carbocycles. The lowest BCUT2D eigenvalue weighted by Crippen LogP contribution is -2.17. The molecular formula is C15H19FN2S. The Hall–Kier alpha value is -1.23. The third-order valence-electron chi connectivity index (χ3n) is 2.89. The highest BCUT2D eigenvalue weighted by atomic mass is 32.1. The van der Waals surface area contributed by atoms with Crippen LogP contribution in [-0.4, -0.2) is 19.0 Å². The molecule has 2 aromatic rings. The number of nitrogens with zero attached hydrogens (tertiary/aromatic N) is 1. The first-order valence-corrected chi connectivity index (χ1v) is 7.15. The Morgan fingerprint density at radius 3 is 2.58 bits per heavy atom. The monoisotopic (exact) mass is 278 g/mol. The summed E-state index contributed by atoms with van der Waals surface area (Å²) in [6.45, 7) is 2.39. The smallest absolute Gasteiger partial charge is 0.127 e. The molecule has 0 radical (unpaired) electrons. The molecule has 1 aromatic carbocycles. The molecule has 0 atom stereocenters. The third kappa shape index (κ3) is 4.13. The van der Waals surface area contributed by atoms with Crippen LogP contribution in [0.3, 0.4) is 0 Å². The van der Waals surface area contributed by atoms with Crippen molar-refractivity contribution in [2.24, 2.45) is 0 Å². The maximum Gasteiger partial charge on any atom is 0.127 e. The van der Waals surface area contributed by atoms with Crippen LogP contribution in [-0.2, 0) is 19.6 Å². The van der Waals surface area contributed by atoms with Crippen LogP contribution in [0.1, 0.15) is 15.3 Å². The second-order valence-electron chi connectivity index (χ2n) is 4.66. The van der Waals surface area contributed by atoms with Gasteiger partial charge in [0.1, 0.15) is 5.82 Å². The van der Waals surface area contributed by atoms with E-state index >= 15 is 0 Å². The van der Waals surface area contributed by atoms with Gasteiger partial charge in [-0.25, -0.2) is 4.39 Å². The minimum atomic E-state index is -0.128. The first-order chi connectivity index (χ1) is 9.19. The van der Waals surface area contributed by atoms with E-state index in [4.69, 9.17) is 0 Å². The zero-order chi connectivity index (χ0) is 13.7. The van der Waals surface area contributed by atoms with E-state index in [0.29, 0.717) is 6.54 Å². The fourth-order valence-electron chi connectivity index (χ4n) is 2.02. The molecule has 0 saturated carbocycles. The molecule has 1 heterocycles. The quantitative estimate of drug-likeness (QED) is 0.872. The molecule has 0 amide bonds. The van der Waals surface area contributed by atoms with Crippen LogP contribution >= 0.6 is 11.3 Å². The standard InChI is InChI=1S/C15H19FN2S/c1-17-9-13-7-8-14(19-13)11-18(2)10-12-5-3-4-6-15(12)16/h3-8,17H,9-11H2,1-2H3. The molecule has 4 heteroatoms. The predicted octanol–water partition coefficient (Wildman–Crippen LogP) is 3.24. The Balaban J connectivity index is 1.93. The summed E-state index contributed by atoms with van der Waals surface area (Å²) >= 11 is 1.80. The van der Waals surface area contributed by atoms with Crippen LogP contribution in [0.15, 0.2) is 36.4 Å². The minimum Gasteiger partial charge on any atom is -0.315 e. The van der Waals surface area contributed by atoms with Gasteiger partial charge in [0, 0.05) is 35.0 Å². The van der Waals surface area contributed by atoms with Gasteiger partial charge >= 0.3 is 0 Å². The van der Waals surface area contributed by atoms with Crippen molar-refractivity contribution in [3.05, 3.63) is 57.5 Å². The van der Waals surface area contributed by atoms with Crippen molar-refractivity contribution in [2.45, 2.75) is 19.6 Å². The molecule has 0 saturated heterocycles. The second kappa shape index (κ2) is 6.80. The van der Waals surface area contributed by atoms with Gasteiger partial charge in [0.05, 0.1) is 0 Å². The van der Waals surface area contributed by atoms with Gasteiger partial charge in [0.15, 0.2) is 0 Å². The minimum absolute atomic E-state index is 0.128. The molecule has 0 bridgehead atoms. The number of rotatable bonds is 6. The normalized spacial score (nSPS) is 11.2. The topological polar surface area (TPSA) is 15.3 Å². The zero-order valence-electron chi connectivity index (χ0n) is 11.3. The fraction of sp³-hybridized carbons (Fsp3) is 0.333. The van der Waals surface area contributed by atoms with Crippen molar-refractivity contribution >= 4 is 11.3 Å². The van der Waals surface area contributed by atoms with E-state index in [1.807, 2.05) is 26.2 Å². The second-order valence-corrected chi connectivity index (χ2v) is 5.91. The molecule has 102 valence electrons. The average molecular weight is 278 g/mol. The van der Waals surface area contributed by atoms with Gasteiger partial charge < -0.3 is 5.32 Å². The summed E-state index contributed by atoms with van der Waals surface area (Å²) in [6.07, 6.45) is 0. The molecule has 19 heavy (non-hydrogen) atoms. The summed E-state index contributed by atoms with van der Waals surface area (Å²) < 4.78 is 13.6. The maximum absolute atomic E-state index is 13.6. The molecule has 1 N–H and O–H groups in total. The first-order valence-electron chi connectivity index (χ1n) is 6.33. The summed E-state index contributed by atoms with van der Waals surface area (Å²) in [5.74, 6) is -0.128. The summed E-state index contributed by atoms with van der Waals surface area (Å²) in [4.78, 5) is 4.77. The Labute approximate surface area is 117 Å². The van der Waals surface area contributed by atoms with E-state index in [9.17, 15) is 4.39 Å². The molecule has 0 aliphatic rings. The summed E-state index contributed by atoms with van der Waals surface area (Å²) in [5.41, 5.74) is 0.747. The lowest BCUT2D eigenvalue weighted by atomic mass is 10.2. The van der Waals surface area contributed by atoms with Crippen LogP contribution in [0.25, 0.3) is 0 Å². The lowest BCUT2D eigenvalue weighted by molar-refractivity contribution is 0.316. The zero-order valence-corrected chi connectivity index (χ0v) is 12.1. The van der Waals surface area contributed by atoms with Gasteiger partial charge in [-0.2, -0.15) is 0 Å².